The molecule has 0 spiro atoms. The van der Waals surface area contributed by atoms with E-state index in [0.29, 0.717) is 23.8 Å². The Bertz CT molecular complexity index is 266. The molecule has 0 bridgehead atoms. The van der Waals surface area contributed by atoms with Crippen molar-refractivity contribution in [1.29, 1.82) is 0 Å². The molecule has 14 heavy (non-hydrogen) atoms. The molecule has 0 amide bonds. The lowest BCUT2D eigenvalue weighted by molar-refractivity contribution is 0.170. The molecule has 0 fully saturated rings. The fourth-order valence-electron chi connectivity index (χ4n) is 1.02. The van der Waals surface area contributed by atoms with Crippen LogP contribution in [0.3, 0.4) is 0 Å². The number of aromatic nitrogens is 1. The summed E-state index contributed by atoms with van der Waals surface area (Å²) in [5, 5.41) is 21.4. The molecule has 0 saturated heterocycles. The first-order valence-corrected chi connectivity index (χ1v) is 4.73. The Morgan fingerprint density at radius 1 is 1.50 bits per heavy atom. The van der Waals surface area contributed by atoms with Crippen molar-refractivity contribution in [2.24, 2.45) is 0 Å². The molecule has 0 aliphatic heterocycles. The SMILES string of the molecule is OCCNC[C@@H](O)c1ccc(Cl)nc1. The van der Waals surface area contributed by atoms with Gasteiger partial charge in [-0.05, 0) is 6.07 Å². The van der Waals surface area contributed by atoms with Crippen molar-refractivity contribution in [1.82, 2.24) is 10.3 Å². The molecule has 78 valence electrons. The fraction of sp³-hybridized carbons (Fsp3) is 0.444. The zero-order valence-corrected chi connectivity index (χ0v) is 8.41. The van der Waals surface area contributed by atoms with Crippen molar-refractivity contribution in [2.75, 3.05) is 19.7 Å². The van der Waals surface area contributed by atoms with Crippen LogP contribution in [-0.2, 0) is 0 Å². The van der Waals surface area contributed by atoms with Crippen LogP contribution in [0.1, 0.15) is 11.7 Å². The van der Waals surface area contributed by atoms with Gasteiger partial charge in [0.1, 0.15) is 5.15 Å². The van der Waals surface area contributed by atoms with E-state index < -0.39 is 6.10 Å². The number of pyridine rings is 1. The maximum absolute atomic E-state index is 9.61. The number of hydrogen-bond donors (Lipinski definition) is 3. The Morgan fingerprint density at radius 3 is 2.86 bits per heavy atom. The van der Waals surface area contributed by atoms with Crippen LogP contribution in [0.5, 0.6) is 0 Å². The van der Waals surface area contributed by atoms with E-state index in [2.05, 4.69) is 10.3 Å². The zero-order chi connectivity index (χ0) is 10.4. The summed E-state index contributed by atoms with van der Waals surface area (Å²) in [6.07, 6.45) is 0.916. The zero-order valence-electron chi connectivity index (χ0n) is 7.65. The topological polar surface area (TPSA) is 65.4 Å². The first-order valence-electron chi connectivity index (χ1n) is 4.35. The van der Waals surface area contributed by atoms with E-state index in [1.165, 1.54) is 6.20 Å². The van der Waals surface area contributed by atoms with E-state index in [1.54, 1.807) is 12.1 Å². The van der Waals surface area contributed by atoms with Gasteiger partial charge in [-0.1, -0.05) is 17.7 Å². The molecule has 0 aliphatic rings. The molecule has 1 aromatic heterocycles. The van der Waals surface area contributed by atoms with Gasteiger partial charge in [-0.2, -0.15) is 0 Å². The van der Waals surface area contributed by atoms with E-state index >= 15 is 0 Å². The van der Waals surface area contributed by atoms with E-state index in [0.717, 1.165) is 0 Å². The van der Waals surface area contributed by atoms with E-state index in [9.17, 15) is 5.11 Å². The number of aliphatic hydroxyl groups excluding tert-OH is 2. The van der Waals surface area contributed by atoms with Gasteiger partial charge in [0, 0.05) is 24.8 Å². The minimum absolute atomic E-state index is 0.0611. The van der Waals surface area contributed by atoms with Crippen LogP contribution in [0.25, 0.3) is 0 Å². The molecule has 1 aromatic rings. The van der Waals surface area contributed by atoms with E-state index in [-0.39, 0.29) is 6.61 Å². The lowest BCUT2D eigenvalue weighted by atomic mass is 10.1. The number of halogens is 1. The Morgan fingerprint density at radius 2 is 2.29 bits per heavy atom. The highest BCUT2D eigenvalue weighted by atomic mass is 35.5. The van der Waals surface area contributed by atoms with E-state index in [4.69, 9.17) is 16.7 Å². The smallest absolute Gasteiger partial charge is 0.129 e. The molecule has 0 radical (unpaired) electrons. The number of nitrogens with one attached hydrogen (secondary N) is 1. The second-order valence-corrected chi connectivity index (χ2v) is 3.25. The van der Waals surface area contributed by atoms with Crippen LogP contribution in [0, 0.1) is 0 Å². The maximum Gasteiger partial charge on any atom is 0.129 e. The molecular formula is C9H13ClN2O2. The van der Waals surface area contributed by atoms with Crippen molar-refractivity contribution in [3.63, 3.8) is 0 Å². The van der Waals surface area contributed by atoms with Crippen molar-refractivity contribution < 1.29 is 10.2 Å². The van der Waals surface area contributed by atoms with Crippen molar-refractivity contribution >= 4 is 11.6 Å². The first kappa shape index (κ1) is 11.4. The molecule has 4 nitrogen and oxygen atoms in total. The maximum atomic E-state index is 9.61. The summed E-state index contributed by atoms with van der Waals surface area (Å²) in [5.41, 5.74) is 0.708. The molecule has 0 unspecified atom stereocenters. The second-order valence-electron chi connectivity index (χ2n) is 2.86. The normalized spacial score (nSPS) is 12.8. The Hall–Kier alpha value is -0.680. The summed E-state index contributed by atoms with van der Waals surface area (Å²) in [6, 6.07) is 3.35. The van der Waals surface area contributed by atoms with Gasteiger partial charge in [0.15, 0.2) is 0 Å². The van der Waals surface area contributed by atoms with Gasteiger partial charge in [0.2, 0.25) is 0 Å². The molecule has 0 saturated carbocycles. The Kier molecular flexibility index (Phi) is 4.82. The second kappa shape index (κ2) is 5.93. The number of hydrogen-bond acceptors (Lipinski definition) is 4. The summed E-state index contributed by atoms with van der Waals surface area (Å²) >= 11 is 5.60. The van der Waals surface area contributed by atoms with Crippen LogP contribution in [0.2, 0.25) is 5.15 Å². The molecule has 0 aromatic carbocycles. The summed E-state index contributed by atoms with van der Waals surface area (Å²) in [5.74, 6) is 0. The highest BCUT2D eigenvalue weighted by molar-refractivity contribution is 6.29. The lowest BCUT2D eigenvalue weighted by Gasteiger charge is -2.10. The van der Waals surface area contributed by atoms with Gasteiger partial charge >= 0.3 is 0 Å². The molecule has 3 N–H and O–H groups in total. The molecule has 1 rings (SSSR count). The highest BCUT2D eigenvalue weighted by Crippen LogP contribution is 2.12. The minimum atomic E-state index is -0.619. The third-order valence-electron chi connectivity index (χ3n) is 1.76. The van der Waals surface area contributed by atoms with Gasteiger partial charge in [-0.25, -0.2) is 4.98 Å². The quantitative estimate of drug-likeness (QED) is 0.491. The Labute approximate surface area is 87.6 Å². The van der Waals surface area contributed by atoms with Gasteiger partial charge in [0.25, 0.3) is 0 Å². The van der Waals surface area contributed by atoms with Crippen molar-refractivity contribution in [3.8, 4) is 0 Å². The standard InChI is InChI=1S/C9H13ClN2O2/c10-9-2-1-7(5-12-9)8(14)6-11-3-4-13/h1-2,5,8,11,13-14H,3-4,6H2/t8-/m1/s1. The lowest BCUT2D eigenvalue weighted by Crippen LogP contribution is -2.24. The van der Waals surface area contributed by atoms with Crippen LogP contribution in [0.15, 0.2) is 18.3 Å². The largest absolute Gasteiger partial charge is 0.395 e. The van der Waals surface area contributed by atoms with Crippen LogP contribution in [0.4, 0.5) is 0 Å². The fourth-order valence-corrected chi connectivity index (χ4v) is 1.13. The summed E-state index contributed by atoms with van der Waals surface area (Å²) in [6.45, 7) is 0.924. The third kappa shape index (κ3) is 3.59. The number of rotatable bonds is 5. The summed E-state index contributed by atoms with van der Waals surface area (Å²) in [7, 11) is 0. The highest BCUT2D eigenvalue weighted by Gasteiger charge is 2.06. The van der Waals surface area contributed by atoms with Crippen LogP contribution < -0.4 is 5.32 Å². The van der Waals surface area contributed by atoms with Crippen molar-refractivity contribution in [3.05, 3.63) is 29.0 Å². The number of aliphatic hydroxyl groups is 2. The number of nitrogens with zero attached hydrogens (tertiary/aromatic N) is 1. The molecule has 1 heterocycles. The summed E-state index contributed by atoms with van der Waals surface area (Å²) < 4.78 is 0. The van der Waals surface area contributed by atoms with Gasteiger partial charge in [-0.15, -0.1) is 0 Å². The first-order chi connectivity index (χ1) is 6.74. The minimum Gasteiger partial charge on any atom is -0.395 e. The van der Waals surface area contributed by atoms with Crippen molar-refractivity contribution in [2.45, 2.75) is 6.10 Å². The predicted octanol–water partition coefficient (Wildman–Crippen LogP) is 0.350. The Balaban J connectivity index is 2.43. The van der Waals surface area contributed by atoms with Gasteiger partial charge < -0.3 is 15.5 Å². The van der Waals surface area contributed by atoms with Crippen LogP contribution >= 0.6 is 11.6 Å². The summed E-state index contributed by atoms with van der Waals surface area (Å²) in [4.78, 5) is 3.86. The third-order valence-corrected chi connectivity index (χ3v) is 1.98. The molecule has 5 heteroatoms. The van der Waals surface area contributed by atoms with E-state index in [1.807, 2.05) is 0 Å². The predicted molar refractivity (Wildman–Crippen MR) is 54.2 cm³/mol. The van der Waals surface area contributed by atoms with Gasteiger partial charge in [-0.3, -0.25) is 0 Å². The van der Waals surface area contributed by atoms with Crippen LogP contribution in [-0.4, -0.2) is 34.9 Å². The molecule has 1 atom stereocenters. The molecule has 0 aliphatic carbocycles. The van der Waals surface area contributed by atoms with Gasteiger partial charge in [0.05, 0.1) is 12.7 Å². The monoisotopic (exact) mass is 216 g/mol. The average Bonchev–Trinajstić information content (AvgIpc) is 2.19. The molecular weight excluding hydrogens is 204 g/mol. The average molecular weight is 217 g/mol.